The zero-order chi connectivity index (χ0) is 20.6. The summed E-state index contributed by atoms with van der Waals surface area (Å²) >= 11 is 0. The quantitative estimate of drug-likeness (QED) is 0.661. The number of carbonyl (C=O) groups is 1. The predicted molar refractivity (Wildman–Crippen MR) is 106 cm³/mol. The molecule has 1 N–H and O–H groups in total. The van der Waals surface area contributed by atoms with Gasteiger partial charge in [-0.25, -0.2) is 4.39 Å². The summed E-state index contributed by atoms with van der Waals surface area (Å²) in [4.78, 5) is 11.8. The Bertz CT molecular complexity index is 931. The van der Waals surface area contributed by atoms with Crippen molar-refractivity contribution in [2.45, 2.75) is 50.7 Å². The highest BCUT2D eigenvalue weighted by Crippen LogP contribution is 2.49. The first-order valence-electron chi connectivity index (χ1n) is 9.97. The third-order valence-corrected chi connectivity index (χ3v) is 5.65. The molecule has 0 heterocycles. The molecule has 4 rings (SSSR count). The molecular weight excluding hydrogens is 375 g/mol. The van der Waals surface area contributed by atoms with E-state index in [9.17, 15) is 9.90 Å². The van der Waals surface area contributed by atoms with E-state index in [-0.39, 0.29) is 11.9 Å². The second kappa shape index (κ2) is 7.67. The molecule has 6 heteroatoms. The lowest BCUT2D eigenvalue weighted by Crippen LogP contribution is -2.19. The fourth-order valence-electron chi connectivity index (χ4n) is 3.61. The Morgan fingerprint density at radius 1 is 1.21 bits per heavy atom. The Labute approximate surface area is 169 Å². The second-order valence-corrected chi connectivity index (χ2v) is 7.69. The summed E-state index contributed by atoms with van der Waals surface area (Å²) in [6.45, 7) is 2.44. The van der Waals surface area contributed by atoms with Crippen molar-refractivity contribution in [3.8, 4) is 22.6 Å². The Balaban J connectivity index is 1.80. The van der Waals surface area contributed by atoms with E-state index in [2.05, 4.69) is 0 Å². The number of ether oxygens (including phenoxy) is 3. The zero-order valence-corrected chi connectivity index (χ0v) is 16.7. The van der Waals surface area contributed by atoms with Gasteiger partial charge in [-0.2, -0.15) is 0 Å². The molecule has 0 saturated heterocycles. The number of benzene rings is 2. The molecule has 2 aromatic rings. The SMILES string of the molecule is CCOc1cc(OC)cc(-c2ccc(C3(C(=O)O)CC3)cc2COC2CC2)c1F. The van der Waals surface area contributed by atoms with E-state index in [0.717, 1.165) is 24.0 Å². The summed E-state index contributed by atoms with van der Waals surface area (Å²) < 4.78 is 31.9. The van der Waals surface area contributed by atoms with Crippen LogP contribution in [0.15, 0.2) is 30.3 Å². The van der Waals surface area contributed by atoms with E-state index in [1.807, 2.05) is 6.07 Å². The van der Waals surface area contributed by atoms with Gasteiger partial charge in [0.25, 0.3) is 0 Å². The molecule has 154 valence electrons. The molecule has 2 aliphatic carbocycles. The van der Waals surface area contributed by atoms with E-state index >= 15 is 4.39 Å². The van der Waals surface area contributed by atoms with E-state index in [4.69, 9.17) is 14.2 Å². The first-order chi connectivity index (χ1) is 14.0. The number of halogens is 1. The maximum Gasteiger partial charge on any atom is 0.314 e. The molecule has 2 aromatic carbocycles. The van der Waals surface area contributed by atoms with Gasteiger partial charge in [0.05, 0.1) is 31.8 Å². The monoisotopic (exact) mass is 400 g/mol. The molecule has 2 saturated carbocycles. The molecule has 0 unspecified atom stereocenters. The van der Waals surface area contributed by atoms with Crippen LogP contribution in [0.5, 0.6) is 11.5 Å². The standard InChI is InChI=1S/C23H25FO5/c1-3-28-20-12-17(27-2)11-19(21(20)24)18-7-4-15(23(8-9-23)22(25)26)10-14(18)13-29-16-5-6-16/h4,7,10-12,16H,3,5-6,8-9,13H2,1-2H3,(H,25,26). The minimum absolute atomic E-state index is 0.129. The number of hydrogen-bond donors (Lipinski definition) is 1. The molecule has 5 nitrogen and oxygen atoms in total. The molecule has 0 bridgehead atoms. The van der Waals surface area contributed by atoms with Crippen molar-refractivity contribution in [1.29, 1.82) is 0 Å². The van der Waals surface area contributed by atoms with Crippen LogP contribution in [0.4, 0.5) is 4.39 Å². The molecule has 0 spiro atoms. The van der Waals surface area contributed by atoms with E-state index in [0.29, 0.717) is 42.9 Å². The molecule has 0 aromatic heterocycles. The van der Waals surface area contributed by atoms with Crippen molar-refractivity contribution in [2.75, 3.05) is 13.7 Å². The Hall–Kier alpha value is -2.60. The summed E-state index contributed by atoms with van der Waals surface area (Å²) in [5.74, 6) is -0.658. The maximum absolute atomic E-state index is 15.2. The van der Waals surface area contributed by atoms with Crippen LogP contribution < -0.4 is 9.47 Å². The topological polar surface area (TPSA) is 65.0 Å². The molecule has 0 radical (unpaired) electrons. The molecule has 0 amide bonds. The minimum Gasteiger partial charge on any atom is -0.497 e. The Morgan fingerprint density at radius 2 is 1.97 bits per heavy atom. The highest BCUT2D eigenvalue weighted by Gasteiger charge is 2.51. The van der Waals surface area contributed by atoms with Crippen LogP contribution >= 0.6 is 0 Å². The zero-order valence-electron chi connectivity index (χ0n) is 16.7. The van der Waals surface area contributed by atoms with Gasteiger partial charge in [-0.1, -0.05) is 18.2 Å². The van der Waals surface area contributed by atoms with E-state index in [1.165, 1.54) is 13.2 Å². The fraction of sp³-hybridized carbons (Fsp3) is 0.435. The lowest BCUT2D eigenvalue weighted by Gasteiger charge is -2.18. The minimum atomic E-state index is -0.823. The maximum atomic E-state index is 15.2. The molecule has 29 heavy (non-hydrogen) atoms. The number of carboxylic acid groups (broad SMARTS) is 1. The van der Waals surface area contributed by atoms with E-state index in [1.54, 1.807) is 25.1 Å². The molecule has 2 aliphatic rings. The van der Waals surface area contributed by atoms with Gasteiger partial charge in [0.1, 0.15) is 5.75 Å². The average molecular weight is 400 g/mol. The lowest BCUT2D eigenvalue weighted by molar-refractivity contribution is -0.140. The van der Waals surface area contributed by atoms with Crippen LogP contribution in [0.25, 0.3) is 11.1 Å². The number of hydrogen-bond acceptors (Lipinski definition) is 4. The number of rotatable bonds is 9. The normalized spacial score (nSPS) is 17.1. The predicted octanol–water partition coefficient (Wildman–Crippen LogP) is 4.70. The summed E-state index contributed by atoms with van der Waals surface area (Å²) in [6.07, 6.45) is 3.51. The summed E-state index contributed by atoms with van der Waals surface area (Å²) in [6, 6.07) is 8.60. The molecule has 2 fully saturated rings. The van der Waals surface area contributed by atoms with Gasteiger partial charge in [-0.05, 0) is 55.4 Å². The third-order valence-electron chi connectivity index (χ3n) is 5.65. The number of aliphatic carboxylic acids is 1. The average Bonchev–Trinajstić information content (AvgIpc) is 3.62. The first kappa shape index (κ1) is 19.7. The Kier molecular flexibility index (Phi) is 5.21. The first-order valence-corrected chi connectivity index (χ1v) is 9.97. The molecule has 0 aliphatic heterocycles. The van der Waals surface area contributed by atoms with Gasteiger partial charge < -0.3 is 19.3 Å². The van der Waals surface area contributed by atoms with Crippen LogP contribution in [0.3, 0.4) is 0 Å². The second-order valence-electron chi connectivity index (χ2n) is 7.69. The van der Waals surface area contributed by atoms with Gasteiger partial charge >= 0.3 is 5.97 Å². The lowest BCUT2D eigenvalue weighted by atomic mass is 9.90. The van der Waals surface area contributed by atoms with Crippen LogP contribution in [-0.2, 0) is 21.6 Å². The van der Waals surface area contributed by atoms with Gasteiger partial charge in [-0.15, -0.1) is 0 Å². The van der Waals surface area contributed by atoms with Crippen molar-refractivity contribution in [1.82, 2.24) is 0 Å². The summed E-state index contributed by atoms with van der Waals surface area (Å²) in [7, 11) is 1.52. The van der Waals surface area contributed by atoms with Crippen molar-refractivity contribution in [3.63, 3.8) is 0 Å². The number of methoxy groups -OCH3 is 1. The van der Waals surface area contributed by atoms with Crippen molar-refractivity contribution < 1.29 is 28.5 Å². The number of carboxylic acids is 1. The van der Waals surface area contributed by atoms with Crippen molar-refractivity contribution >= 4 is 5.97 Å². The Morgan fingerprint density at radius 3 is 2.55 bits per heavy atom. The van der Waals surface area contributed by atoms with Gasteiger partial charge in [0.15, 0.2) is 11.6 Å². The summed E-state index contributed by atoms with van der Waals surface area (Å²) in [5, 5.41) is 9.65. The van der Waals surface area contributed by atoms with E-state index < -0.39 is 17.2 Å². The molecular formula is C23H25FO5. The summed E-state index contributed by atoms with van der Waals surface area (Å²) in [5.41, 5.74) is 1.71. The van der Waals surface area contributed by atoms with Crippen LogP contribution in [0.2, 0.25) is 0 Å². The van der Waals surface area contributed by atoms with Crippen molar-refractivity contribution in [2.24, 2.45) is 0 Å². The van der Waals surface area contributed by atoms with Crippen LogP contribution in [-0.4, -0.2) is 30.9 Å². The van der Waals surface area contributed by atoms with Gasteiger partial charge in [0.2, 0.25) is 0 Å². The van der Waals surface area contributed by atoms with Crippen LogP contribution in [0.1, 0.15) is 43.7 Å². The highest BCUT2D eigenvalue weighted by molar-refractivity contribution is 5.85. The largest absolute Gasteiger partial charge is 0.497 e. The van der Waals surface area contributed by atoms with Crippen LogP contribution in [0, 0.1) is 5.82 Å². The third kappa shape index (κ3) is 3.81. The molecule has 0 atom stereocenters. The fourth-order valence-corrected chi connectivity index (χ4v) is 3.61. The highest BCUT2D eigenvalue weighted by atomic mass is 19.1. The van der Waals surface area contributed by atoms with Gasteiger partial charge in [0, 0.05) is 11.6 Å². The van der Waals surface area contributed by atoms with Gasteiger partial charge in [-0.3, -0.25) is 4.79 Å². The smallest absolute Gasteiger partial charge is 0.314 e. The van der Waals surface area contributed by atoms with Crippen molar-refractivity contribution in [3.05, 3.63) is 47.3 Å².